The quantitative estimate of drug-likeness (QED) is 0.672. The molecule has 1 aromatic carbocycles. The summed E-state index contributed by atoms with van der Waals surface area (Å²) in [7, 11) is 0. The summed E-state index contributed by atoms with van der Waals surface area (Å²) in [5, 5.41) is 11.5. The first kappa shape index (κ1) is 15.8. The number of benzene rings is 1. The molecule has 0 atom stereocenters. The molecule has 0 aliphatic heterocycles. The van der Waals surface area contributed by atoms with Crippen LogP contribution in [0, 0.1) is 5.82 Å². The third-order valence-corrected chi connectivity index (χ3v) is 3.65. The van der Waals surface area contributed by atoms with Gasteiger partial charge in [0.2, 0.25) is 0 Å². The van der Waals surface area contributed by atoms with Crippen molar-refractivity contribution in [2.45, 2.75) is 26.1 Å². The second-order valence-electron chi connectivity index (χ2n) is 4.37. The number of aromatic nitrogens is 2. The maximum Gasteiger partial charge on any atom is 0.416 e. The Bertz CT molecular complexity index is 610. The van der Waals surface area contributed by atoms with E-state index < -0.39 is 17.6 Å². The zero-order valence-electron chi connectivity index (χ0n) is 11.2. The Labute approximate surface area is 123 Å². The predicted octanol–water partition coefficient (Wildman–Crippen LogP) is 3.86. The molecule has 0 unspecified atom stereocenters. The molecule has 1 heterocycles. The largest absolute Gasteiger partial charge is 0.416 e. The van der Waals surface area contributed by atoms with Crippen LogP contribution in [0.25, 0.3) is 10.6 Å². The zero-order chi connectivity index (χ0) is 15.5. The van der Waals surface area contributed by atoms with Gasteiger partial charge in [-0.15, -0.1) is 10.2 Å². The minimum absolute atomic E-state index is 0.145. The maximum atomic E-state index is 13.7. The number of nitrogens with zero attached hydrogens (tertiary/aromatic N) is 2. The Morgan fingerprint density at radius 3 is 2.67 bits per heavy atom. The molecule has 0 fully saturated rings. The molecule has 0 radical (unpaired) electrons. The Morgan fingerprint density at radius 2 is 2.00 bits per heavy atom. The number of hydrogen-bond donors (Lipinski definition) is 1. The molecule has 3 nitrogen and oxygen atoms in total. The van der Waals surface area contributed by atoms with Crippen molar-refractivity contribution >= 4 is 11.3 Å². The van der Waals surface area contributed by atoms with E-state index in [1.165, 1.54) is 0 Å². The van der Waals surface area contributed by atoms with E-state index >= 15 is 0 Å². The van der Waals surface area contributed by atoms with Crippen LogP contribution < -0.4 is 5.32 Å². The Balaban J connectivity index is 2.25. The second kappa shape index (κ2) is 6.48. The van der Waals surface area contributed by atoms with E-state index in [2.05, 4.69) is 15.5 Å². The third-order valence-electron chi connectivity index (χ3n) is 2.69. The smallest absolute Gasteiger partial charge is 0.310 e. The van der Waals surface area contributed by atoms with Crippen LogP contribution in [0.1, 0.15) is 23.9 Å². The SMILES string of the molecule is CCCNCc1nnc(-c2cc(C(F)(F)F)ccc2F)s1. The lowest BCUT2D eigenvalue weighted by molar-refractivity contribution is -0.137. The Morgan fingerprint density at radius 1 is 1.24 bits per heavy atom. The van der Waals surface area contributed by atoms with E-state index in [4.69, 9.17) is 0 Å². The topological polar surface area (TPSA) is 37.8 Å². The van der Waals surface area contributed by atoms with Crippen molar-refractivity contribution < 1.29 is 17.6 Å². The normalized spacial score (nSPS) is 11.9. The summed E-state index contributed by atoms with van der Waals surface area (Å²) < 4.78 is 51.7. The lowest BCUT2D eigenvalue weighted by Gasteiger charge is -2.07. The highest BCUT2D eigenvalue weighted by atomic mass is 32.1. The standard InChI is InChI=1S/C13H13F4N3S/c1-2-5-18-7-11-19-20-12(21-11)9-6-8(13(15,16)17)3-4-10(9)14/h3-4,6,18H,2,5,7H2,1H3. The molecule has 0 amide bonds. The minimum Gasteiger partial charge on any atom is -0.310 e. The summed E-state index contributed by atoms with van der Waals surface area (Å²) >= 11 is 1.08. The van der Waals surface area contributed by atoms with Crippen molar-refractivity contribution in [3.05, 3.63) is 34.6 Å². The van der Waals surface area contributed by atoms with Crippen LogP contribution in [-0.4, -0.2) is 16.7 Å². The van der Waals surface area contributed by atoms with Crippen LogP contribution in [0.15, 0.2) is 18.2 Å². The molecular formula is C13H13F4N3S. The molecule has 114 valence electrons. The van der Waals surface area contributed by atoms with E-state index in [0.717, 1.165) is 36.4 Å². The molecule has 0 saturated carbocycles. The minimum atomic E-state index is -4.52. The number of halogens is 4. The average Bonchev–Trinajstić information content (AvgIpc) is 2.87. The molecule has 0 saturated heterocycles. The van der Waals surface area contributed by atoms with Crippen LogP contribution in [0.3, 0.4) is 0 Å². The van der Waals surface area contributed by atoms with E-state index in [-0.39, 0.29) is 10.6 Å². The van der Waals surface area contributed by atoms with Crippen LogP contribution >= 0.6 is 11.3 Å². The first-order valence-electron chi connectivity index (χ1n) is 6.32. The molecule has 21 heavy (non-hydrogen) atoms. The summed E-state index contributed by atoms with van der Waals surface area (Å²) in [5.41, 5.74) is -1.08. The Kier molecular flexibility index (Phi) is 4.89. The van der Waals surface area contributed by atoms with Crippen molar-refractivity contribution in [3.8, 4) is 10.6 Å². The molecule has 2 rings (SSSR count). The summed E-state index contributed by atoms with van der Waals surface area (Å²) in [4.78, 5) is 0. The fourth-order valence-corrected chi connectivity index (χ4v) is 2.50. The predicted molar refractivity (Wildman–Crippen MR) is 72.3 cm³/mol. The highest BCUT2D eigenvalue weighted by molar-refractivity contribution is 7.14. The third kappa shape index (κ3) is 3.98. The molecule has 2 aromatic rings. The Hall–Kier alpha value is -1.54. The van der Waals surface area contributed by atoms with Gasteiger partial charge in [0, 0.05) is 12.1 Å². The van der Waals surface area contributed by atoms with E-state index in [1.54, 1.807) is 0 Å². The fraction of sp³-hybridized carbons (Fsp3) is 0.385. The van der Waals surface area contributed by atoms with Gasteiger partial charge in [-0.1, -0.05) is 18.3 Å². The van der Waals surface area contributed by atoms with Crippen LogP contribution in [0.2, 0.25) is 0 Å². The molecule has 8 heteroatoms. The first-order chi connectivity index (χ1) is 9.91. The lowest BCUT2D eigenvalue weighted by Crippen LogP contribution is -2.13. The van der Waals surface area contributed by atoms with E-state index in [9.17, 15) is 17.6 Å². The summed E-state index contributed by atoms with van der Waals surface area (Å²) in [6, 6.07) is 2.28. The van der Waals surface area contributed by atoms with Crippen LogP contribution in [0.5, 0.6) is 0 Å². The molecular weight excluding hydrogens is 306 g/mol. The molecule has 0 aliphatic carbocycles. The fourth-order valence-electron chi connectivity index (χ4n) is 1.67. The van der Waals surface area contributed by atoms with Crippen molar-refractivity contribution in [1.29, 1.82) is 0 Å². The maximum absolute atomic E-state index is 13.7. The van der Waals surface area contributed by atoms with Gasteiger partial charge in [-0.25, -0.2) is 4.39 Å². The van der Waals surface area contributed by atoms with Crippen molar-refractivity contribution in [2.75, 3.05) is 6.54 Å². The summed E-state index contributed by atoms with van der Waals surface area (Å²) in [6.07, 6.45) is -3.56. The highest BCUT2D eigenvalue weighted by Crippen LogP contribution is 2.34. The van der Waals surface area contributed by atoms with E-state index in [1.807, 2.05) is 6.92 Å². The number of nitrogens with one attached hydrogen (secondary N) is 1. The van der Waals surface area contributed by atoms with Crippen molar-refractivity contribution in [3.63, 3.8) is 0 Å². The summed E-state index contributed by atoms with van der Waals surface area (Å²) in [6.45, 7) is 3.27. The van der Waals surface area contributed by atoms with Gasteiger partial charge < -0.3 is 5.32 Å². The van der Waals surface area contributed by atoms with Gasteiger partial charge in [-0.2, -0.15) is 13.2 Å². The van der Waals surface area contributed by atoms with Crippen molar-refractivity contribution in [2.24, 2.45) is 0 Å². The number of alkyl halides is 3. The molecule has 0 spiro atoms. The monoisotopic (exact) mass is 319 g/mol. The van der Waals surface area contributed by atoms with Crippen LogP contribution in [-0.2, 0) is 12.7 Å². The molecule has 1 N–H and O–H groups in total. The zero-order valence-corrected chi connectivity index (χ0v) is 12.0. The van der Waals surface area contributed by atoms with Crippen molar-refractivity contribution in [1.82, 2.24) is 15.5 Å². The second-order valence-corrected chi connectivity index (χ2v) is 5.43. The summed E-state index contributed by atoms with van der Waals surface area (Å²) in [5.74, 6) is -0.743. The first-order valence-corrected chi connectivity index (χ1v) is 7.13. The van der Waals surface area contributed by atoms with Gasteiger partial charge in [0.15, 0.2) is 5.01 Å². The molecule has 0 bridgehead atoms. The van der Waals surface area contributed by atoms with E-state index in [0.29, 0.717) is 17.6 Å². The van der Waals surface area contributed by atoms with Gasteiger partial charge in [-0.05, 0) is 31.2 Å². The van der Waals surface area contributed by atoms with Gasteiger partial charge in [-0.3, -0.25) is 0 Å². The number of rotatable bonds is 5. The van der Waals surface area contributed by atoms with Crippen LogP contribution in [0.4, 0.5) is 17.6 Å². The van der Waals surface area contributed by atoms with Gasteiger partial charge >= 0.3 is 6.18 Å². The van der Waals surface area contributed by atoms with Gasteiger partial charge in [0.05, 0.1) is 5.56 Å². The average molecular weight is 319 g/mol. The highest BCUT2D eigenvalue weighted by Gasteiger charge is 2.31. The lowest BCUT2D eigenvalue weighted by atomic mass is 10.1. The van der Waals surface area contributed by atoms with Gasteiger partial charge in [0.25, 0.3) is 0 Å². The molecule has 1 aromatic heterocycles. The molecule has 0 aliphatic rings. The van der Waals surface area contributed by atoms with Gasteiger partial charge in [0.1, 0.15) is 10.8 Å². The number of hydrogen-bond acceptors (Lipinski definition) is 4.